The Labute approximate surface area is 69.5 Å². The first-order chi connectivity index (χ1) is 4.21. The van der Waals surface area contributed by atoms with Gasteiger partial charge in [-0.3, -0.25) is 0 Å². The molecule has 0 saturated carbocycles. The van der Waals surface area contributed by atoms with Crippen molar-refractivity contribution in [3.63, 3.8) is 0 Å². The molecule has 60 valence electrons. The zero-order valence-corrected chi connectivity index (χ0v) is 8.87. The van der Waals surface area contributed by atoms with E-state index in [0.717, 1.165) is 6.08 Å². The van der Waals surface area contributed by atoms with Crippen molar-refractivity contribution in [1.29, 1.82) is 0 Å². The van der Waals surface area contributed by atoms with Crippen molar-refractivity contribution in [2.24, 2.45) is 0 Å². The molecule has 0 saturated heterocycles. The molecule has 0 aromatic carbocycles. The summed E-state index contributed by atoms with van der Waals surface area (Å²) in [4.78, 5) is -2.83. The van der Waals surface area contributed by atoms with Gasteiger partial charge in [-0.05, 0) is 22.0 Å². The topological polar surface area (TPSA) is 0 Å². The van der Waals surface area contributed by atoms with Crippen LogP contribution >= 0.6 is 15.9 Å². The van der Waals surface area contributed by atoms with Crippen molar-refractivity contribution in [2.45, 2.75) is 24.5 Å². The van der Waals surface area contributed by atoms with Crippen molar-refractivity contribution in [3.8, 4) is 0 Å². The molecular weight excluding hydrogens is 218 g/mol. The van der Waals surface area contributed by atoms with Crippen LogP contribution in [0.3, 0.4) is 0 Å². The summed E-state index contributed by atoms with van der Waals surface area (Å²) in [7, 11) is -1.46. The van der Waals surface area contributed by atoms with Crippen molar-refractivity contribution in [1.82, 2.24) is 0 Å². The van der Waals surface area contributed by atoms with Crippen LogP contribution in [0, 0.1) is 0 Å². The van der Waals surface area contributed by atoms with Crippen LogP contribution in [0.5, 0.6) is 0 Å². The smallest absolute Gasteiger partial charge is 0.189 e. The number of allylic oxidation sites excluding steroid dienone is 1. The number of rotatable bonds is 2. The van der Waals surface area contributed by atoms with Crippen LogP contribution in [0.4, 0.5) is 8.78 Å². The fraction of sp³-hybridized carbons (Fsp3) is 0.667. The Balaban J connectivity index is 4.01. The van der Waals surface area contributed by atoms with Crippen LogP contribution in [-0.4, -0.2) is 12.9 Å². The van der Waals surface area contributed by atoms with Gasteiger partial charge in [-0.2, -0.15) is 8.78 Å². The highest BCUT2D eigenvalue weighted by Gasteiger charge is 2.20. The van der Waals surface area contributed by atoms with Gasteiger partial charge in [-0.15, -0.1) is 0 Å². The highest BCUT2D eigenvalue weighted by molar-refractivity contribution is 9.10. The predicted molar refractivity (Wildman–Crippen MR) is 46.4 cm³/mol. The van der Waals surface area contributed by atoms with Crippen LogP contribution in [-0.2, 0) is 0 Å². The molecule has 0 spiro atoms. The second-order valence-electron chi connectivity index (χ2n) is 3.24. The van der Waals surface area contributed by atoms with Gasteiger partial charge < -0.3 is 0 Å². The SMILES string of the molecule is C[Si](C)(C)/C=C/C(F)(F)Br. The van der Waals surface area contributed by atoms with E-state index in [0.29, 0.717) is 0 Å². The normalized spacial score (nSPS) is 14.6. The number of hydrogen-bond acceptors (Lipinski definition) is 0. The van der Waals surface area contributed by atoms with E-state index < -0.39 is 12.9 Å². The third-order valence-corrected chi connectivity index (χ3v) is 2.20. The average Bonchev–Trinajstić information content (AvgIpc) is 1.57. The second kappa shape index (κ2) is 3.13. The van der Waals surface area contributed by atoms with E-state index in [1.165, 1.54) is 0 Å². The molecule has 0 aromatic rings. The highest BCUT2D eigenvalue weighted by Crippen LogP contribution is 2.23. The first-order valence-electron chi connectivity index (χ1n) is 2.98. The Morgan fingerprint density at radius 2 is 1.70 bits per heavy atom. The molecule has 0 radical (unpaired) electrons. The third kappa shape index (κ3) is 8.30. The number of hydrogen-bond donors (Lipinski definition) is 0. The lowest BCUT2D eigenvalue weighted by Gasteiger charge is -2.09. The maximum atomic E-state index is 12.1. The van der Waals surface area contributed by atoms with E-state index in [2.05, 4.69) is 15.9 Å². The van der Waals surface area contributed by atoms with Crippen LogP contribution in [0.25, 0.3) is 0 Å². The molecule has 4 heteroatoms. The molecule has 0 N–H and O–H groups in total. The van der Waals surface area contributed by atoms with Gasteiger partial charge in [0.1, 0.15) is 0 Å². The van der Waals surface area contributed by atoms with E-state index in [1.54, 1.807) is 5.70 Å². The molecule has 0 atom stereocenters. The quantitative estimate of drug-likeness (QED) is 0.502. The first-order valence-corrected chi connectivity index (χ1v) is 7.35. The lowest BCUT2D eigenvalue weighted by Crippen LogP contribution is -2.17. The average molecular weight is 229 g/mol. The van der Waals surface area contributed by atoms with E-state index >= 15 is 0 Å². The van der Waals surface area contributed by atoms with E-state index in [4.69, 9.17) is 0 Å². The van der Waals surface area contributed by atoms with Crippen molar-refractivity contribution in [3.05, 3.63) is 11.8 Å². The molecule has 0 unspecified atom stereocenters. The molecular formula is C6H11BrF2Si. The summed E-state index contributed by atoms with van der Waals surface area (Å²) in [5, 5.41) is 0. The van der Waals surface area contributed by atoms with Gasteiger partial charge in [-0.1, -0.05) is 25.3 Å². The molecule has 0 rings (SSSR count). The zero-order valence-electron chi connectivity index (χ0n) is 6.29. The van der Waals surface area contributed by atoms with Crippen LogP contribution in [0.15, 0.2) is 11.8 Å². The standard InChI is InChI=1S/C6H11BrF2Si/c1-10(2,3)5-4-6(7,8)9/h4-5H,1-3H3/b5-4+. The summed E-state index contributed by atoms with van der Waals surface area (Å²) in [6, 6.07) is 0. The van der Waals surface area contributed by atoms with Gasteiger partial charge >= 0.3 is 4.83 Å². The fourth-order valence-electron chi connectivity index (χ4n) is 0.344. The van der Waals surface area contributed by atoms with Crippen molar-refractivity contribution in [2.75, 3.05) is 0 Å². The molecule has 0 amide bonds. The minimum Gasteiger partial charge on any atom is -0.189 e. The van der Waals surface area contributed by atoms with Gasteiger partial charge in [0.25, 0.3) is 0 Å². The molecule has 0 heterocycles. The summed E-state index contributed by atoms with van der Waals surface area (Å²) >= 11 is 2.23. The monoisotopic (exact) mass is 228 g/mol. The largest absolute Gasteiger partial charge is 0.319 e. The van der Waals surface area contributed by atoms with Crippen molar-refractivity contribution < 1.29 is 8.78 Å². The molecule has 0 aliphatic carbocycles. The Bertz CT molecular complexity index is 116. The molecule has 0 fully saturated rings. The molecule has 0 aromatic heterocycles. The first kappa shape index (κ1) is 10.3. The van der Waals surface area contributed by atoms with E-state index in [9.17, 15) is 8.78 Å². The van der Waals surface area contributed by atoms with E-state index in [1.807, 2.05) is 19.6 Å². The van der Waals surface area contributed by atoms with Gasteiger partial charge in [-0.25, -0.2) is 0 Å². The summed E-state index contributed by atoms with van der Waals surface area (Å²) < 4.78 is 24.2. The van der Waals surface area contributed by atoms with E-state index in [-0.39, 0.29) is 0 Å². The van der Waals surface area contributed by atoms with Crippen molar-refractivity contribution >= 4 is 24.0 Å². The maximum Gasteiger partial charge on any atom is 0.319 e. The van der Waals surface area contributed by atoms with Crippen LogP contribution in [0.2, 0.25) is 19.6 Å². The summed E-state index contributed by atoms with van der Waals surface area (Å²) in [5.74, 6) is 0. The minimum absolute atomic E-state index is 0.916. The summed E-state index contributed by atoms with van der Waals surface area (Å²) in [6.07, 6.45) is 0.916. The van der Waals surface area contributed by atoms with Gasteiger partial charge in [0.2, 0.25) is 0 Å². The third-order valence-electron chi connectivity index (χ3n) is 0.772. The molecule has 0 nitrogen and oxygen atoms in total. The Hall–Kier alpha value is 0.297. The Morgan fingerprint density at radius 1 is 1.30 bits per heavy atom. The Morgan fingerprint density at radius 3 is 1.80 bits per heavy atom. The Kier molecular flexibility index (Phi) is 3.22. The maximum absolute atomic E-state index is 12.1. The molecule has 10 heavy (non-hydrogen) atoms. The molecule has 0 bridgehead atoms. The molecule has 0 aliphatic rings. The minimum atomic E-state index is -2.83. The summed E-state index contributed by atoms with van der Waals surface area (Å²) in [5.41, 5.74) is 1.61. The molecule has 0 aliphatic heterocycles. The number of alkyl halides is 3. The highest BCUT2D eigenvalue weighted by atomic mass is 79.9. The zero-order chi connectivity index (χ0) is 8.41. The van der Waals surface area contributed by atoms with Crippen LogP contribution in [0.1, 0.15) is 0 Å². The lowest BCUT2D eigenvalue weighted by molar-refractivity contribution is 0.171. The lowest BCUT2D eigenvalue weighted by atomic mass is 10.7. The number of halogens is 3. The fourth-order valence-corrected chi connectivity index (χ4v) is 1.43. The van der Waals surface area contributed by atoms with Gasteiger partial charge in [0.15, 0.2) is 0 Å². The predicted octanol–water partition coefficient (Wildman–Crippen LogP) is 3.41. The van der Waals surface area contributed by atoms with Crippen LogP contribution < -0.4 is 0 Å². The summed E-state index contributed by atoms with van der Waals surface area (Å²) in [6.45, 7) is 6.01. The second-order valence-corrected chi connectivity index (χ2v) is 9.36. The van der Waals surface area contributed by atoms with Gasteiger partial charge in [0, 0.05) is 0 Å². The van der Waals surface area contributed by atoms with Gasteiger partial charge in [0.05, 0.1) is 8.07 Å².